The van der Waals surface area contributed by atoms with E-state index >= 15 is 0 Å². The van der Waals surface area contributed by atoms with Crippen LogP contribution in [0.25, 0.3) is 0 Å². The molecule has 2 heteroatoms. The maximum Gasteiger partial charge on any atom is 0.123 e. The number of ether oxygens (including phenoxy) is 1. The van der Waals surface area contributed by atoms with Crippen molar-refractivity contribution in [2.45, 2.75) is 51.0 Å². The molecule has 0 N–H and O–H groups in total. The van der Waals surface area contributed by atoms with Crippen LogP contribution in [0.3, 0.4) is 0 Å². The first kappa shape index (κ1) is 12.9. The molecule has 0 spiro atoms. The van der Waals surface area contributed by atoms with E-state index in [1.54, 1.807) is 0 Å². The number of alkyl halides is 1. The van der Waals surface area contributed by atoms with Crippen molar-refractivity contribution in [3.63, 3.8) is 0 Å². The summed E-state index contributed by atoms with van der Waals surface area (Å²) in [5.74, 6) is 1.81. The quantitative estimate of drug-likeness (QED) is 0.744. The number of aryl methyl sites for hydroxylation is 1. The van der Waals surface area contributed by atoms with Gasteiger partial charge < -0.3 is 4.74 Å². The van der Waals surface area contributed by atoms with Crippen molar-refractivity contribution in [1.82, 2.24) is 0 Å². The summed E-state index contributed by atoms with van der Waals surface area (Å²) in [7, 11) is 0. The van der Waals surface area contributed by atoms with Crippen LogP contribution in [0.5, 0.6) is 5.75 Å². The molecule has 0 aliphatic carbocycles. The van der Waals surface area contributed by atoms with Crippen LogP contribution in [0.2, 0.25) is 0 Å². The van der Waals surface area contributed by atoms with Gasteiger partial charge in [-0.2, -0.15) is 0 Å². The zero-order chi connectivity index (χ0) is 12.4. The molecule has 94 valence electrons. The lowest BCUT2D eigenvalue weighted by Gasteiger charge is -2.17. The Labute approximate surface area is 113 Å². The molecule has 3 unspecified atom stereocenters. The third-order valence-corrected chi connectivity index (χ3v) is 3.72. The van der Waals surface area contributed by atoms with Crippen LogP contribution < -0.4 is 4.74 Å². The van der Waals surface area contributed by atoms with Gasteiger partial charge in [0.05, 0.1) is 0 Å². The Kier molecular flexibility index (Phi) is 4.13. The van der Waals surface area contributed by atoms with Gasteiger partial charge in [-0.05, 0) is 37.3 Å². The van der Waals surface area contributed by atoms with Crippen molar-refractivity contribution < 1.29 is 4.74 Å². The lowest BCUT2D eigenvalue weighted by Crippen LogP contribution is -2.18. The van der Waals surface area contributed by atoms with Gasteiger partial charge in [-0.1, -0.05) is 47.5 Å². The summed E-state index contributed by atoms with van der Waals surface area (Å²) in [6.07, 6.45) is 3.84. The van der Waals surface area contributed by atoms with Crippen LogP contribution >= 0.6 is 15.9 Å². The molecule has 1 aliphatic rings. The first-order valence-corrected chi connectivity index (χ1v) is 7.36. The lowest BCUT2D eigenvalue weighted by atomic mass is 9.96. The number of hydrogen-bond donors (Lipinski definition) is 0. The molecular weight excluding hydrogens is 276 g/mol. The molecule has 0 saturated heterocycles. The molecule has 0 fully saturated rings. The number of halogens is 1. The predicted octanol–water partition coefficient (Wildman–Crippen LogP) is 4.50. The largest absolute Gasteiger partial charge is 0.490 e. The Balaban J connectivity index is 1.92. The highest BCUT2D eigenvalue weighted by atomic mass is 79.9. The van der Waals surface area contributed by atoms with Crippen LogP contribution in [0.4, 0.5) is 0 Å². The highest BCUT2D eigenvalue weighted by Crippen LogP contribution is 2.32. The van der Waals surface area contributed by atoms with Gasteiger partial charge in [0.1, 0.15) is 11.9 Å². The standard InChI is InChI=1S/C15H21BrO/c1-10-4-5-15-13(7-10)9-14(17-15)8-11(2)6-12(3)16/h4-5,7,11-12,14H,6,8-9H2,1-3H3. The minimum Gasteiger partial charge on any atom is -0.490 e. The molecule has 0 bridgehead atoms. The molecule has 1 nitrogen and oxygen atoms in total. The fourth-order valence-corrected chi connectivity index (χ4v) is 3.32. The molecular formula is C15H21BrO. The molecule has 1 heterocycles. The van der Waals surface area contributed by atoms with Gasteiger partial charge in [-0.25, -0.2) is 0 Å². The molecule has 3 atom stereocenters. The Morgan fingerprint density at radius 1 is 1.41 bits per heavy atom. The maximum absolute atomic E-state index is 6.00. The van der Waals surface area contributed by atoms with E-state index in [1.807, 2.05) is 0 Å². The topological polar surface area (TPSA) is 9.23 Å². The van der Waals surface area contributed by atoms with Crippen molar-refractivity contribution in [3.8, 4) is 5.75 Å². The summed E-state index contributed by atoms with van der Waals surface area (Å²) in [6.45, 7) is 6.67. The van der Waals surface area contributed by atoms with Gasteiger partial charge in [0.15, 0.2) is 0 Å². The second-order valence-corrected chi connectivity index (χ2v) is 6.98. The van der Waals surface area contributed by atoms with Crippen LogP contribution in [0, 0.1) is 12.8 Å². The summed E-state index contributed by atoms with van der Waals surface area (Å²) >= 11 is 3.62. The van der Waals surface area contributed by atoms with Crippen molar-refractivity contribution in [1.29, 1.82) is 0 Å². The molecule has 0 amide bonds. The van der Waals surface area contributed by atoms with Gasteiger partial charge in [-0.15, -0.1) is 0 Å². The van der Waals surface area contributed by atoms with Crippen molar-refractivity contribution in [2.24, 2.45) is 5.92 Å². The number of hydrogen-bond acceptors (Lipinski definition) is 1. The summed E-state index contributed by atoms with van der Waals surface area (Å²) in [5.41, 5.74) is 2.71. The van der Waals surface area contributed by atoms with E-state index in [-0.39, 0.29) is 0 Å². The Morgan fingerprint density at radius 3 is 2.88 bits per heavy atom. The molecule has 1 aliphatic heterocycles. The minimum atomic E-state index is 0.382. The predicted molar refractivity (Wildman–Crippen MR) is 76.1 cm³/mol. The monoisotopic (exact) mass is 296 g/mol. The molecule has 17 heavy (non-hydrogen) atoms. The van der Waals surface area contributed by atoms with Crippen LogP contribution in [0.15, 0.2) is 18.2 Å². The summed E-state index contributed by atoms with van der Waals surface area (Å²) in [4.78, 5) is 0.600. The zero-order valence-corrected chi connectivity index (χ0v) is 12.5. The Morgan fingerprint density at radius 2 is 2.18 bits per heavy atom. The van der Waals surface area contributed by atoms with E-state index in [4.69, 9.17) is 4.74 Å². The summed E-state index contributed by atoms with van der Waals surface area (Å²) in [5, 5.41) is 0. The molecule has 1 aromatic carbocycles. The first-order valence-electron chi connectivity index (χ1n) is 6.45. The highest BCUT2D eigenvalue weighted by molar-refractivity contribution is 9.09. The van der Waals surface area contributed by atoms with Gasteiger partial charge in [0, 0.05) is 11.2 Å². The maximum atomic E-state index is 6.00. The molecule has 1 aromatic rings. The lowest BCUT2D eigenvalue weighted by molar-refractivity contribution is 0.195. The zero-order valence-electron chi connectivity index (χ0n) is 10.9. The Bertz CT molecular complexity index is 387. The average molecular weight is 297 g/mol. The number of benzene rings is 1. The molecule has 2 rings (SSSR count). The second-order valence-electron chi connectivity index (χ2n) is 5.41. The van der Waals surface area contributed by atoms with E-state index in [1.165, 1.54) is 17.5 Å². The third-order valence-electron chi connectivity index (χ3n) is 3.35. The fraction of sp³-hybridized carbons (Fsp3) is 0.600. The molecule has 0 saturated carbocycles. The number of fused-ring (bicyclic) bond motifs is 1. The van der Waals surface area contributed by atoms with Gasteiger partial charge in [0.2, 0.25) is 0 Å². The molecule has 0 aromatic heterocycles. The number of rotatable bonds is 4. The highest BCUT2D eigenvalue weighted by Gasteiger charge is 2.24. The van der Waals surface area contributed by atoms with Gasteiger partial charge >= 0.3 is 0 Å². The van der Waals surface area contributed by atoms with Crippen LogP contribution in [-0.4, -0.2) is 10.9 Å². The van der Waals surface area contributed by atoms with E-state index < -0.39 is 0 Å². The smallest absolute Gasteiger partial charge is 0.123 e. The third kappa shape index (κ3) is 3.48. The normalized spacial score (nSPS) is 21.8. The summed E-state index contributed by atoms with van der Waals surface area (Å²) in [6, 6.07) is 6.50. The van der Waals surface area contributed by atoms with Gasteiger partial charge in [-0.3, -0.25) is 0 Å². The van der Waals surface area contributed by atoms with Crippen molar-refractivity contribution in [2.75, 3.05) is 0 Å². The van der Waals surface area contributed by atoms with E-state index in [0.29, 0.717) is 16.8 Å². The van der Waals surface area contributed by atoms with E-state index in [2.05, 4.69) is 54.9 Å². The van der Waals surface area contributed by atoms with E-state index in [9.17, 15) is 0 Å². The SMILES string of the molecule is Cc1ccc2c(c1)CC(CC(C)CC(C)Br)O2. The van der Waals surface area contributed by atoms with Crippen molar-refractivity contribution in [3.05, 3.63) is 29.3 Å². The fourth-order valence-electron chi connectivity index (χ4n) is 2.68. The summed E-state index contributed by atoms with van der Waals surface area (Å²) < 4.78 is 6.00. The van der Waals surface area contributed by atoms with E-state index in [0.717, 1.165) is 18.6 Å². The minimum absolute atomic E-state index is 0.382. The molecule has 0 radical (unpaired) electrons. The Hall–Kier alpha value is -0.500. The average Bonchev–Trinajstić information content (AvgIpc) is 2.57. The van der Waals surface area contributed by atoms with Crippen LogP contribution in [0.1, 0.15) is 37.8 Å². The van der Waals surface area contributed by atoms with Crippen molar-refractivity contribution >= 4 is 15.9 Å². The second kappa shape index (κ2) is 5.43. The van der Waals surface area contributed by atoms with Crippen LogP contribution in [-0.2, 0) is 6.42 Å². The first-order chi connectivity index (χ1) is 8.04. The van der Waals surface area contributed by atoms with Gasteiger partial charge in [0.25, 0.3) is 0 Å².